The van der Waals surface area contributed by atoms with E-state index in [4.69, 9.17) is 10.5 Å². The molecule has 4 heteroatoms. The van der Waals surface area contributed by atoms with Crippen molar-refractivity contribution in [2.45, 2.75) is 18.9 Å². The lowest BCUT2D eigenvalue weighted by Crippen LogP contribution is -2.09. The van der Waals surface area contributed by atoms with Gasteiger partial charge in [0.15, 0.2) is 0 Å². The van der Waals surface area contributed by atoms with Crippen LogP contribution in [0.1, 0.15) is 23.8 Å². The lowest BCUT2D eigenvalue weighted by Gasteiger charge is -2.08. The SMILES string of the molecule is COCCCC(N)c1cc2cc(F)ccc2s1. The number of halogens is 1. The Labute approximate surface area is 104 Å². The van der Waals surface area contributed by atoms with Crippen LogP contribution in [0.3, 0.4) is 0 Å². The fourth-order valence-electron chi connectivity index (χ4n) is 1.81. The van der Waals surface area contributed by atoms with Crippen molar-refractivity contribution in [2.24, 2.45) is 5.73 Å². The topological polar surface area (TPSA) is 35.2 Å². The average Bonchev–Trinajstić information content (AvgIpc) is 2.72. The molecular formula is C13H16FNOS. The van der Waals surface area contributed by atoms with Crippen molar-refractivity contribution in [3.8, 4) is 0 Å². The zero-order valence-corrected chi connectivity index (χ0v) is 10.6. The molecule has 0 radical (unpaired) electrons. The van der Waals surface area contributed by atoms with Crippen molar-refractivity contribution in [3.05, 3.63) is 35.0 Å². The highest BCUT2D eigenvalue weighted by Gasteiger charge is 2.10. The first-order valence-electron chi connectivity index (χ1n) is 5.64. The summed E-state index contributed by atoms with van der Waals surface area (Å²) in [7, 11) is 1.69. The summed E-state index contributed by atoms with van der Waals surface area (Å²) in [6.45, 7) is 0.729. The monoisotopic (exact) mass is 253 g/mol. The van der Waals surface area contributed by atoms with E-state index in [9.17, 15) is 4.39 Å². The Balaban J connectivity index is 2.12. The van der Waals surface area contributed by atoms with Gasteiger partial charge in [-0.15, -0.1) is 11.3 Å². The van der Waals surface area contributed by atoms with E-state index in [1.54, 1.807) is 30.6 Å². The third kappa shape index (κ3) is 3.03. The molecule has 0 amide bonds. The van der Waals surface area contributed by atoms with Crippen LogP contribution in [0.4, 0.5) is 4.39 Å². The Kier molecular flexibility index (Phi) is 4.10. The molecule has 2 nitrogen and oxygen atoms in total. The second-order valence-electron chi connectivity index (χ2n) is 4.07. The number of nitrogens with two attached hydrogens (primary N) is 1. The first-order chi connectivity index (χ1) is 8.20. The molecule has 1 heterocycles. The van der Waals surface area contributed by atoms with Crippen molar-refractivity contribution in [1.29, 1.82) is 0 Å². The van der Waals surface area contributed by atoms with Gasteiger partial charge < -0.3 is 10.5 Å². The number of thiophene rings is 1. The van der Waals surface area contributed by atoms with Gasteiger partial charge in [-0.05, 0) is 42.5 Å². The van der Waals surface area contributed by atoms with Crippen molar-refractivity contribution < 1.29 is 9.13 Å². The van der Waals surface area contributed by atoms with Crippen LogP contribution in [0.2, 0.25) is 0 Å². The number of fused-ring (bicyclic) bond motifs is 1. The smallest absolute Gasteiger partial charge is 0.123 e. The molecule has 0 bridgehead atoms. The second-order valence-corrected chi connectivity index (χ2v) is 5.19. The molecule has 2 aromatic rings. The number of ether oxygens (including phenoxy) is 1. The highest BCUT2D eigenvalue weighted by Crippen LogP contribution is 2.31. The average molecular weight is 253 g/mol. The molecule has 0 aliphatic heterocycles. The van der Waals surface area contributed by atoms with Crippen LogP contribution in [-0.4, -0.2) is 13.7 Å². The molecule has 0 aliphatic rings. The van der Waals surface area contributed by atoms with Gasteiger partial charge in [0, 0.05) is 29.3 Å². The third-order valence-electron chi connectivity index (χ3n) is 2.73. The zero-order valence-electron chi connectivity index (χ0n) is 9.78. The van der Waals surface area contributed by atoms with Crippen LogP contribution < -0.4 is 5.73 Å². The fraction of sp³-hybridized carbons (Fsp3) is 0.385. The third-order valence-corrected chi connectivity index (χ3v) is 3.97. The number of rotatable bonds is 5. The van der Waals surface area contributed by atoms with E-state index in [1.165, 1.54) is 6.07 Å². The van der Waals surface area contributed by atoms with Gasteiger partial charge in [-0.2, -0.15) is 0 Å². The second kappa shape index (κ2) is 5.58. The van der Waals surface area contributed by atoms with Gasteiger partial charge in [-0.25, -0.2) is 4.39 Å². The molecule has 17 heavy (non-hydrogen) atoms. The molecule has 1 aromatic heterocycles. The Morgan fingerprint density at radius 3 is 3.00 bits per heavy atom. The van der Waals surface area contributed by atoms with Gasteiger partial charge in [0.2, 0.25) is 0 Å². The molecular weight excluding hydrogens is 237 g/mol. The summed E-state index contributed by atoms with van der Waals surface area (Å²) in [4.78, 5) is 1.11. The van der Waals surface area contributed by atoms with Crippen LogP contribution >= 0.6 is 11.3 Å². The van der Waals surface area contributed by atoms with Gasteiger partial charge in [0.05, 0.1) is 0 Å². The molecule has 92 valence electrons. The van der Waals surface area contributed by atoms with Crippen molar-refractivity contribution in [2.75, 3.05) is 13.7 Å². The van der Waals surface area contributed by atoms with E-state index in [0.717, 1.165) is 34.4 Å². The number of hydrogen-bond acceptors (Lipinski definition) is 3. The number of hydrogen-bond donors (Lipinski definition) is 1. The van der Waals surface area contributed by atoms with Crippen LogP contribution in [-0.2, 0) is 4.74 Å². The predicted octanol–water partition coefficient (Wildman–Crippen LogP) is 3.47. The molecule has 1 atom stereocenters. The maximum Gasteiger partial charge on any atom is 0.123 e. The minimum atomic E-state index is -0.199. The van der Waals surface area contributed by atoms with Gasteiger partial charge in [-0.3, -0.25) is 0 Å². The van der Waals surface area contributed by atoms with E-state index in [1.807, 2.05) is 6.07 Å². The highest BCUT2D eigenvalue weighted by molar-refractivity contribution is 7.19. The molecule has 0 saturated carbocycles. The van der Waals surface area contributed by atoms with E-state index < -0.39 is 0 Å². The molecule has 2 rings (SSSR count). The maximum atomic E-state index is 13.1. The summed E-state index contributed by atoms with van der Waals surface area (Å²) >= 11 is 1.64. The summed E-state index contributed by atoms with van der Waals surface area (Å²) < 4.78 is 19.1. The molecule has 0 saturated heterocycles. The lowest BCUT2D eigenvalue weighted by atomic mass is 10.1. The Morgan fingerprint density at radius 1 is 1.41 bits per heavy atom. The van der Waals surface area contributed by atoms with Gasteiger partial charge in [0.1, 0.15) is 5.82 Å². The van der Waals surface area contributed by atoms with Crippen LogP contribution in [0.25, 0.3) is 10.1 Å². The van der Waals surface area contributed by atoms with Crippen LogP contribution in [0.15, 0.2) is 24.3 Å². The van der Waals surface area contributed by atoms with E-state index in [-0.39, 0.29) is 11.9 Å². The summed E-state index contributed by atoms with van der Waals surface area (Å²) in [5.74, 6) is -0.199. The normalized spacial score (nSPS) is 13.1. The summed E-state index contributed by atoms with van der Waals surface area (Å²) in [5, 5.41) is 0.937. The van der Waals surface area contributed by atoms with Gasteiger partial charge in [0.25, 0.3) is 0 Å². The summed E-state index contributed by atoms with van der Waals surface area (Å²) in [5.41, 5.74) is 6.10. The predicted molar refractivity (Wildman–Crippen MR) is 69.8 cm³/mol. The van der Waals surface area contributed by atoms with E-state index in [2.05, 4.69) is 0 Å². The quantitative estimate of drug-likeness (QED) is 0.828. The molecule has 2 N–H and O–H groups in total. The fourth-order valence-corrected chi connectivity index (χ4v) is 2.89. The highest BCUT2D eigenvalue weighted by atomic mass is 32.1. The standard InChI is InChI=1S/C13H16FNOS/c1-16-6-2-3-11(15)13-8-9-7-10(14)4-5-12(9)17-13/h4-5,7-8,11H,2-3,6,15H2,1H3. The van der Waals surface area contributed by atoms with Gasteiger partial charge in [-0.1, -0.05) is 0 Å². The minimum absolute atomic E-state index is 0.0191. The molecule has 1 aromatic carbocycles. The molecule has 0 spiro atoms. The summed E-state index contributed by atoms with van der Waals surface area (Å²) in [6.07, 6.45) is 1.84. The summed E-state index contributed by atoms with van der Waals surface area (Å²) in [6, 6.07) is 6.85. The Morgan fingerprint density at radius 2 is 2.24 bits per heavy atom. The minimum Gasteiger partial charge on any atom is -0.385 e. The number of benzene rings is 1. The van der Waals surface area contributed by atoms with Crippen molar-refractivity contribution in [3.63, 3.8) is 0 Å². The van der Waals surface area contributed by atoms with Crippen LogP contribution in [0.5, 0.6) is 0 Å². The first-order valence-corrected chi connectivity index (χ1v) is 6.46. The van der Waals surface area contributed by atoms with Crippen LogP contribution in [0, 0.1) is 5.82 Å². The van der Waals surface area contributed by atoms with Gasteiger partial charge >= 0.3 is 0 Å². The van der Waals surface area contributed by atoms with Crippen molar-refractivity contribution in [1.82, 2.24) is 0 Å². The molecule has 0 fully saturated rings. The van der Waals surface area contributed by atoms with E-state index in [0.29, 0.717) is 0 Å². The zero-order chi connectivity index (χ0) is 12.3. The lowest BCUT2D eigenvalue weighted by molar-refractivity contribution is 0.190. The largest absolute Gasteiger partial charge is 0.385 e. The molecule has 1 unspecified atom stereocenters. The Hall–Kier alpha value is -0.970. The maximum absolute atomic E-state index is 13.1. The molecule has 0 aliphatic carbocycles. The van der Waals surface area contributed by atoms with E-state index >= 15 is 0 Å². The van der Waals surface area contributed by atoms with Crippen molar-refractivity contribution >= 4 is 21.4 Å². The first kappa shape index (κ1) is 12.5. The number of methoxy groups -OCH3 is 1. The Bertz CT molecular complexity index is 497.